The predicted molar refractivity (Wildman–Crippen MR) is 105 cm³/mol. The summed E-state index contributed by atoms with van der Waals surface area (Å²) in [7, 11) is 0. The first kappa shape index (κ1) is 19.2. The number of amides is 2. The molecule has 5 nitrogen and oxygen atoms in total. The summed E-state index contributed by atoms with van der Waals surface area (Å²) in [5.41, 5.74) is 1.61. The van der Waals surface area contributed by atoms with E-state index in [0.29, 0.717) is 31.1 Å². The summed E-state index contributed by atoms with van der Waals surface area (Å²) < 4.78 is 5.74. The smallest absolute Gasteiger partial charge is 0.251 e. The Labute approximate surface area is 159 Å². The Morgan fingerprint density at radius 1 is 1.31 bits per heavy atom. The number of carbonyl (C=O) groups excluding carboxylic acids is 2. The quantitative estimate of drug-likeness (QED) is 0.795. The molecule has 0 bridgehead atoms. The van der Waals surface area contributed by atoms with Gasteiger partial charge in [-0.3, -0.25) is 9.59 Å². The largest absolute Gasteiger partial charge is 0.376 e. The highest BCUT2D eigenvalue weighted by Gasteiger charge is 2.30. The Morgan fingerprint density at radius 2 is 2.15 bits per heavy atom. The van der Waals surface area contributed by atoms with Gasteiger partial charge in [0, 0.05) is 43.5 Å². The van der Waals surface area contributed by atoms with Crippen LogP contribution in [0.15, 0.2) is 24.3 Å². The molecule has 1 N–H and O–H groups in total. The van der Waals surface area contributed by atoms with E-state index in [1.807, 2.05) is 47.9 Å². The number of ether oxygens (including phenoxy) is 1. The Bertz CT molecular complexity index is 625. The second-order valence-electron chi connectivity index (χ2n) is 7.02. The van der Waals surface area contributed by atoms with Gasteiger partial charge in [0.25, 0.3) is 5.91 Å². The lowest BCUT2D eigenvalue weighted by atomic mass is 10.1. The maximum Gasteiger partial charge on any atom is 0.251 e. The van der Waals surface area contributed by atoms with E-state index >= 15 is 0 Å². The zero-order valence-corrected chi connectivity index (χ0v) is 16.2. The van der Waals surface area contributed by atoms with E-state index in [2.05, 4.69) is 5.32 Å². The Kier molecular flexibility index (Phi) is 6.97. The number of aryl methyl sites for hydroxylation is 1. The van der Waals surface area contributed by atoms with Gasteiger partial charge >= 0.3 is 0 Å². The van der Waals surface area contributed by atoms with Crippen LogP contribution in [0.5, 0.6) is 0 Å². The van der Waals surface area contributed by atoms with Crippen LogP contribution in [0.25, 0.3) is 0 Å². The van der Waals surface area contributed by atoms with Gasteiger partial charge in [0.2, 0.25) is 5.91 Å². The van der Waals surface area contributed by atoms with Gasteiger partial charge in [-0.05, 0) is 43.6 Å². The average molecular weight is 377 g/mol. The third kappa shape index (κ3) is 5.01. The Morgan fingerprint density at radius 3 is 2.85 bits per heavy atom. The van der Waals surface area contributed by atoms with Crippen molar-refractivity contribution in [1.82, 2.24) is 10.2 Å². The molecule has 142 valence electrons. The van der Waals surface area contributed by atoms with Crippen LogP contribution >= 0.6 is 11.8 Å². The fourth-order valence-electron chi connectivity index (χ4n) is 3.58. The van der Waals surface area contributed by atoms with Crippen molar-refractivity contribution in [2.75, 3.05) is 31.2 Å². The summed E-state index contributed by atoms with van der Waals surface area (Å²) >= 11 is 1.91. The van der Waals surface area contributed by atoms with Crippen LogP contribution in [-0.4, -0.2) is 60.1 Å². The first-order valence-electron chi connectivity index (χ1n) is 9.48. The van der Waals surface area contributed by atoms with Gasteiger partial charge in [-0.15, -0.1) is 0 Å². The van der Waals surface area contributed by atoms with Gasteiger partial charge in [-0.2, -0.15) is 11.8 Å². The van der Waals surface area contributed by atoms with Crippen molar-refractivity contribution in [2.45, 2.75) is 44.8 Å². The van der Waals surface area contributed by atoms with E-state index in [0.717, 1.165) is 42.9 Å². The minimum absolute atomic E-state index is 0.113. The maximum atomic E-state index is 12.8. The predicted octanol–water partition coefficient (Wildman–Crippen LogP) is 2.63. The molecule has 0 unspecified atom stereocenters. The molecule has 2 fully saturated rings. The molecule has 3 rings (SSSR count). The van der Waals surface area contributed by atoms with E-state index in [-0.39, 0.29) is 17.9 Å². The number of thioether (sulfide) groups is 1. The molecule has 2 aliphatic rings. The second-order valence-corrected chi connectivity index (χ2v) is 8.17. The summed E-state index contributed by atoms with van der Waals surface area (Å²) in [6.07, 6.45) is 3.68. The van der Waals surface area contributed by atoms with Crippen molar-refractivity contribution >= 4 is 23.6 Å². The summed E-state index contributed by atoms with van der Waals surface area (Å²) in [5.74, 6) is 2.13. The number of benzene rings is 1. The Balaban J connectivity index is 1.52. The zero-order chi connectivity index (χ0) is 18.4. The molecule has 0 aliphatic carbocycles. The SMILES string of the molecule is Cc1ccccc1C(=O)NCCC(=O)N(C[C@H]1CCCO1)[C@@H]1CCSC1. The lowest BCUT2D eigenvalue weighted by Crippen LogP contribution is -2.45. The molecule has 0 spiro atoms. The minimum atomic E-state index is -0.113. The number of hydrogen-bond donors (Lipinski definition) is 1. The monoisotopic (exact) mass is 376 g/mol. The van der Waals surface area contributed by atoms with Crippen molar-refractivity contribution in [3.05, 3.63) is 35.4 Å². The van der Waals surface area contributed by atoms with Crippen LogP contribution in [0.2, 0.25) is 0 Å². The van der Waals surface area contributed by atoms with Crippen LogP contribution in [0.3, 0.4) is 0 Å². The van der Waals surface area contributed by atoms with Crippen LogP contribution in [0.4, 0.5) is 0 Å². The maximum absolute atomic E-state index is 12.8. The first-order chi connectivity index (χ1) is 12.6. The number of carbonyl (C=O) groups is 2. The third-order valence-corrected chi connectivity index (χ3v) is 6.25. The molecule has 6 heteroatoms. The van der Waals surface area contributed by atoms with Crippen molar-refractivity contribution in [3.8, 4) is 0 Å². The molecule has 2 amide bonds. The molecule has 2 aliphatic heterocycles. The number of hydrogen-bond acceptors (Lipinski definition) is 4. The van der Waals surface area contributed by atoms with Crippen molar-refractivity contribution in [2.24, 2.45) is 0 Å². The standard InChI is InChI=1S/C20H28N2O3S/c1-15-5-2-3-7-18(15)20(24)21-10-8-19(23)22(16-9-12-26-14-16)13-17-6-4-11-25-17/h2-3,5,7,16-17H,4,6,8-14H2,1H3,(H,21,24)/t16-,17-/m1/s1. The number of nitrogens with zero attached hydrogens (tertiary/aromatic N) is 1. The van der Waals surface area contributed by atoms with Crippen LogP contribution < -0.4 is 5.32 Å². The molecule has 2 saturated heterocycles. The highest BCUT2D eigenvalue weighted by Crippen LogP contribution is 2.25. The summed E-state index contributed by atoms with van der Waals surface area (Å²) in [6.45, 7) is 3.78. The molecule has 1 aromatic rings. The van der Waals surface area contributed by atoms with E-state index in [1.54, 1.807) is 0 Å². The van der Waals surface area contributed by atoms with Crippen molar-refractivity contribution < 1.29 is 14.3 Å². The van der Waals surface area contributed by atoms with Gasteiger partial charge in [-0.25, -0.2) is 0 Å². The molecule has 2 heterocycles. The fourth-order valence-corrected chi connectivity index (χ4v) is 4.80. The zero-order valence-electron chi connectivity index (χ0n) is 15.4. The normalized spacial score (nSPS) is 22.3. The van der Waals surface area contributed by atoms with E-state index < -0.39 is 0 Å². The highest BCUT2D eigenvalue weighted by atomic mass is 32.2. The lowest BCUT2D eigenvalue weighted by molar-refractivity contribution is -0.134. The molecular weight excluding hydrogens is 348 g/mol. The van der Waals surface area contributed by atoms with Gasteiger partial charge in [-0.1, -0.05) is 18.2 Å². The molecule has 0 saturated carbocycles. The average Bonchev–Trinajstić information content (AvgIpc) is 3.33. The second kappa shape index (κ2) is 9.42. The highest BCUT2D eigenvalue weighted by molar-refractivity contribution is 7.99. The van der Waals surface area contributed by atoms with Crippen molar-refractivity contribution in [1.29, 1.82) is 0 Å². The first-order valence-corrected chi connectivity index (χ1v) is 10.6. The molecular formula is C20H28N2O3S. The van der Waals surface area contributed by atoms with Gasteiger partial charge < -0.3 is 15.0 Å². The van der Waals surface area contributed by atoms with E-state index in [9.17, 15) is 9.59 Å². The number of rotatable bonds is 7. The van der Waals surface area contributed by atoms with E-state index in [4.69, 9.17) is 4.74 Å². The fraction of sp³-hybridized carbons (Fsp3) is 0.600. The Hall–Kier alpha value is -1.53. The lowest BCUT2D eigenvalue weighted by Gasteiger charge is -2.31. The summed E-state index contributed by atoms with van der Waals surface area (Å²) in [5, 5.41) is 2.89. The summed E-state index contributed by atoms with van der Waals surface area (Å²) in [6, 6.07) is 7.81. The molecule has 0 aromatic heterocycles. The van der Waals surface area contributed by atoms with Crippen molar-refractivity contribution in [3.63, 3.8) is 0 Å². The van der Waals surface area contributed by atoms with E-state index in [1.165, 1.54) is 0 Å². The van der Waals surface area contributed by atoms with Gasteiger partial charge in [0.15, 0.2) is 0 Å². The van der Waals surface area contributed by atoms with Crippen LogP contribution in [0, 0.1) is 6.92 Å². The van der Waals surface area contributed by atoms with Gasteiger partial charge in [0.05, 0.1) is 6.10 Å². The minimum Gasteiger partial charge on any atom is -0.376 e. The van der Waals surface area contributed by atoms with Crippen LogP contribution in [-0.2, 0) is 9.53 Å². The van der Waals surface area contributed by atoms with Crippen LogP contribution in [0.1, 0.15) is 41.6 Å². The number of nitrogens with one attached hydrogen (secondary N) is 1. The molecule has 0 radical (unpaired) electrons. The summed E-state index contributed by atoms with van der Waals surface area (Å²) in [4.78, 5) is 27.1. The topological polar surface area (TPSA) is 58.6 Å². The molecule has 26 heavy (non-hydrogen) atoms. The molecule has 2 atom stereocenters. The van der Waals surface area contributed by atoms with Gasteiger partial charge in [0.1, 0.15) is 0 Å². The molecule has 1 aromatic carbocycles. The third-order valence-electron chi connectivity index (χ3n) is 5.11.